The van der Waals surface area contributed by atoms with Crippen LogP contribution in [0.25, 0.3) is 0 Å². The molecule has 22 heavy (non-hydrogen) atoms. The molecule has 2 amide bonds. The molecule has 1 heterocycles. The Balaban J connectivity index is 2.06. The summed E-state index contributed by atoms with van der Waals surface area (Å²) in [7, 11) is -3.15. The van der Waals surface area contributed by atoms with Crippen LogP contribution >= 0.6 is 0 Å². The molecule has 1 aliphatic rings. The molecule has 1 fully saturated rings. The summed E-state index contributed by atoms with van der Waals surface area (Å²) in [5.41, 5.74) is 0.749. The van der Waals surface area contributed by atoms with E-state index in [0.717, 1.165) is 11.8 Å². The van der Waals surface area contributed by atoms with Crippen molar-refractivity contribution in [3.05, 3.63) is 35.9 Å². The second kappa shape index (κ2) is 6.89. The van der Waals surface area contributed by atoms with E-state index in [4.69, 9.17) is 4.74 Å². The van der Waals surface area contributed by atoms with Gasteiger partial charge in [0, 0.05) is 12.8 Å². The number of ether oxygens (including phenoxy) is 1. The van der Waals surface area contributed by atoms with Gasteiger partial charge in [-0.3, -0.25) is 9.59 Å². The van der Waals surface area contributed by atoms with Gasteiger partial charge in [-0.2, -0.15) is 0 Å². The number of morpholine rings is 1. The van der Waals surface area contributed by atoms with Gasteiger partial charge < -0.3 is 15.4 Å². The Morgan fingerprint density at radius 3 is 2.68 bits per heavy atom. The number of hydrogen-bond acceptors (Lipinski definition) is 5. The molecule has 0 bridgehead atoms. The van der Waals surface area contributed by atoms with E-state index in [-0.39, 0.29) is 24.8 Å². The van der Waals surface area contributed by atoms with Crippen LogP contribution < -0.4 is 10.6 Å². The SMILES string of the molecule is CS(=O)(=O)CCNC(=O)[C@H]1OCC(=O)N[C@@H]1c1ccccc1. The first kappa shape index (κ1) is 16.4. The highest BCUT2D eigenvalue weighted by Crippen LogP contribution is 2.22. The first-order valence-electron chi connectivity index (χ1n) is 6.78. The van der Waals surface area contributed by atoms with Crippen molar-refractivity contribution >= 4 is 21.7 Å². The van der Waals surface area contributed by atoms with Gasteiger partial charge in [-0.1, -0.05) is 30.3 Å². The molecule has 8 heteroatoms. The Labute approximate surface area is 129 Å². The van der Waals surface area contributed by atoms with E-state index >= 15 is 0 Å². The summed E-state index contributed by atoms with van der Waals surface area (Å²) < 4.78 is 27.5. The van der Waals surface area contributed by atoms with E-state index in [1.807, 2.05) is 6.07 Å². The van der Waals surface area contributed by atoms with Gasteiger partial charge in [-0.15, -0.1) is 0 Å². The zero-order valence-electron chi connectivity index (χ0n) is 12.1. The van der Waals surface area contributed by atoms with Crippen LogP contribution in [0.15, 0.2) is 30.3 Å². The third-order valence-corrected chi connectivity index (χ3v) is 4.15. The molecular weight excluding hydrogens is 308 g/mol. The maximum atomic E-state index is 12.2. The van der Waals surface area contributed by atoms with Gasteiger partial charge in [-0.05, 0) is 5.56 Å². The molecule has 1 saturated heterocycles. The molecule has 2 N–H and O–H groups in total. The monoisotopic (exact) mass is 326 g/mol. The third-order valence-electron chi connectivity index (χ3n) is 3.20. The molecule has 0 unspecified atom stereocenters. The minimum absolute atomic E-state index is 0.00693. The molecule has 0 saturated carbocycles. The number of carbonyl (C=O) groups excluding carboxylic acids is 2. The standard InChI is InChI=1S/C14H18N2O5S/c1-22(19,20)8-7-15-14(18)13-12(16-11(17)9-21-13)10-5-3-2-4-6-10/h2-6,12-13H,7-9H2,1H3,(H,15,18)(H,16,17)/t12-,13+/m1/s1. The zero-order chi connectivity index (χ0) is 16.2. The van der Waals surface area contributed by atoms with Crippen molar-refractivity contribution in [2.45, 2.75) is 12.1 Å². The van der Waals surface area contributed by atoms with Crippen LogP contribution in [0.1, 0.15) is 11.6 Å². The number of benzene rings is 1. The molecule has 0 spiro atoms. The van der Waals surface area contributed by atoms with Crippen molar-refractivity contribution in [1.82, 2.24) is 10.6 Å². The first-order chi connectivity index (χ1) is 10.4. The fraction of sp³-hybridized carbons (Fsp3) is 0.429. The predicted octanol–water partition coefficient (Wildman–Crippen LogP) is -0.596. The van der Waals surface area contributed by atoms with E-state index in [1.54, 1.807) is 24.3 Å². The topological polar surface area (TPSA) is 102 Å². The molecule has 2 atom stereocenters. The normalized spacial score (nSPS) is 22.0. The predicted molar refractivity (Wildman–Crippen MR) is 79.8 cm³/mol. The lowest BCUT2D eigenvalue weighted by molar-refractivity contribution is -0.147. The van der Waals surface area contributed by atoms with E-state index in [2.05, 4.69) is 10.6 Å². The van der Waals surface area contributed by atoms with Crippen molar-refractivity contribution < 1.29 is 22.7 Å². The summed E-state index contributed by atoms with van der Waals surface area (Å²) in [5.74, 6) is -0.889. The third kappa shape index (κ3) is 4.54. The van der Waals surface area contributed by atoms with E-state index < -0.39 is 27.9 Å². The molecule has 0 aliphatic carbocycles. The number of rotatable bonds is 5. The van der Waals surface area contributed by atoms with E-state index in [0.29, 0.717) is 0 Å². The summed E-state index contributed by atoms with van der Waals surface area (Å²) in [5, 5.41) is 5.26. The number of carbonyl (C=O) groups is 2. The minimum Gasteiger partial charge on any atom is -0.356 e. The quantitative estimate of drug-likeness (QED) is 0.753. The van der Waals surface area contributed by atoms with E-state index in [1.165, 1.54) is 0 Å². The van der Waals surface area contributed by atoms with Gasteiger partial charge in [0.05, 0.1) is 11.8 Å². The average Bonchev–Trinajstić information content (AvgIpc) is 2.46. The van der Waals surface area contributed by atoms with E-state index in [9.17, 15) is 18.0 Å². The van der Waals surface area contributed by atoms with Crippen molar-refractivity contribution in [2.24, 2.45) is 0 Å². The summed E-state index contributed by atoms with van der Waals surface area (Å²) in [4.78, 5) is 23.7. The maximum Gasteiger partial charge on any atom is 0.251 e. The van der Waals surface area contributed by atoms with Crippen LogP contribution in [0.4, 0.5) is 0 Å². The summed E-state index contributed by atoms with van der Waals surface area (Å²) >= 11 is 0. The van der Waals surface area contributed by atoms with Crippen molar-refractivity contribution in [1.29, 1.82) is 0 Å². The fourth-order valence-corrected chi connectivity index (χ4v) is 2.63. The van der Waals surface area contributed by atoms with Gasteiger partial charge in [0.15, 0.2) is 6.10 Å². The molecule has 1 aromatic carbocycles. The second-order valence-corrected chi connectivity index (χ2v) is 7.37. The number of hydrogen-bond donors (Lipinski definition) is 2. The highest BCUT2D eigenvalue weighted by atomic mass is 32.2. The zero-order valence-corrected chi connectivity index (χ0v) is 12.9. The van der Waals surface area contributed by atoms with Gasteiger partial charge >= 0.3 is 0 Å². The van der Waals surface area contributed by atoms with Gasteiger partial charge in [0.1, 0.15) is 16.4 Å². The Bertz CT molecular complexity index is 644. The van der Waals surface area contributed by atoms with Crippen LogP contribution in [0, 0.1) is 0 Å². The number of amides is 2. The summed E-state index contributed by atoms with van der Waals surface area (Å²) in [6.45, 7) is -0.194. The van der Waals surface area contributed by atoms with Crippen LogP contribution in [0.5, 0.6) is 0 Å². The molecule has 1 aliphatic heterocycles. The lowest BCUT2D eigenvalue weighted by atomic mass is 9.99. The molecule has 0 aromatic heterocycles. The Hall–Kier alpha value is -1.93. The Morgan fingerprint density at radius 1 is 1.36 bits per heavy atom. The number of sulfone groups is 1. The number of nitrogens with one attached hydrogen (secondary N) is 2. The highest BCUT2D eigenvalue weighted by molar-refractivity contribution is 7.90. The molecular formula is C14H18N2O5S. The summed E-state index contributed by atoms with van der Waals surface area (Å²) in [6.07, 6.45) is 0.211. The van der Waals surface area contributed by atoms with Crippen LogP contribution in [0.2, 0.25) is 0 Å². The Kier molecular flexibility index (Phi) is 5.15. The minimum atomic E-state index is -3.15. The van der Waals surface area contributed by atoms with Crippen LogP contribution in [-0.2, 0) is 24.2 Å². The lowest BCUT2D eigenvalue weighted by Gasteiger charge is -2.31. The summed E-state index contributed by atoms with van der Waals surface area (Å²) in [6, 6.07) is 8.41. The van der Waals surface area contributed by atoms with Gasteiger partial charge in [0.2, 0.25) is 5.91 Å². The van der Waals surface area contributed by atoms with Crippen molar-refractivity contribution in [3.63, 3.8) is 0 Å². The van der Waals surface area contributed by atoms with Gasteiger partial charge in [-0.25, -0.2) is 8.42 Å². The molecule has 7 nitrogen and oxygen atoms in total. The maximum absolute atomic E-state index is 12.2. The van der Waals surface area contributed by atoms with Crippen molar-refractivity contribution in [3.8, 4) is 0 Å². The van der Waals surface area contributed by atoms with Crippen LogP contribution in [0.3, 0.4) is 0 Å². The molecule has 0 radical (unpaired) electrons. The van der Waals surface area contributed by atoms with Gasteiger partial charge in [0.25, 0.3) is 5.91 Å². The van der Waals surface area contributed by atoms with Crippen LogP contribution in [-0.4, -0.2) is 51.5 Å². The second-order valence-electron chi connectivity index (χ2n) is 5.11. The smallest absolute Gasteiger partial charge is 0.251 e. The average molecular weight is 326 g/mol. The Morgan fingerprint density at radius 2 is 2.05 bits per heavy atom. The fourth-order valence-electron chi connectivity index (χ4n) is 2.16. The largest absolute Gasteiger partial charge is 0.356 e. The molecule has 120 valence electrons. The first-order valence-corrected chi connectivity index (χ1v) is 8.84. The lowest BCUT2D eigenvalue weighted by Crippen LogP contribution is -2.52. The molecule has 1 aromatic rings. The molecule has 2 rings (SSSR count). The van der Waals surface area contributed by atoms with Crippen molar-refractivity contribution in [2.75, 3.05) is 25.2 Å². The highest BCUT2D eigenvalue weighted by Gasteiger charge is 2.35.